The molecule has 1 aliphatic rings. The van der Waals surface area contributed by atoms with E-state index in [-0.39, 0.29) is 12.1 Å². The third-order valence-corrected chi connectivity index (χ3v) is 5.26. The van der Waals surface area contributed by atoms with Gasteiger partial charge in [0.15, 0.2) is 0 Å². The molecule has 2 amide bonds. The summed E-state index contributed by atoms with van der Waals surface area (Å²) in [6.07, 6.45) is 2.63. The topological polar surface area (TPSA) is 60.0 Å². The van der Waals surface area contributed by atoms with Crippen molar-refractivity contribution in [2.24, 2.45) is 0 Å². The van der Waals surface area contributed by atoms with Crippen molar-refractivity contribution < 1.29 is 19.0 Å². The molecule has 1 fully saturated rings. The summed E-state index contributed by atoms with van der Waals surface area (Å²) >= 11 is 0. The molecule has 2 aromatic carbocycles. The molecule has 1 unspecified atom stereocenters. The number of nitrogens with one attached hydrogen (secondary N) is 1. The number of rotatable bonds is 8. The van der Waals surface area contributed by atoms with Gasteiger partial charge in [-0.1, -0.05) is 18.2 Å². The van der Waals surface area contributed by atoms with Crippen molar-refractivity contribution in [1.82, 2.24) is 10.2 Å². The largest absolute Gasteiger partial charge is 0.497 e. The minimum absolute atomic E-state index is 0.0109. The Morgan fingerprint density at radius 2 is 1.97 bits per heavy atom. The maximum atomic E-state index is 12.8. The van der Waals surface area contributed by atoms with Gasteiger partial charge in [0.2, 0.25) is 0 Å². The molecule has 0 aromatic heterocycles. The molecule has 0 bridgehead atoms. The van der Waals surface area contributed by atoms with Gasteiger partial charge in [0, 0.05) is 18.7 Å². The number of ether oxygens (including phenoxy) is 3. The molecule has 1 N–H and O–H groups in total. The molecule has 156 valence electrons. The fourth-order valence-corrected chi connectivity index (χ4v) is 3.70. The lowest BCUT2D eigenvalue weighted by molar-refractivity contribution is 0.191. The van der Waals surface area contributed by atoms with Gasteiger partial charge in [0.25, 0.3) is 0 Å². The van der Waals surface area contributed by atoms with E-state index in [4.69, 9.17) is 14.2 Å². The maximum Gasteiger partial charge on any atom is 0.317 e. The van der Waals surface area contributed by atoms with Gasteiger partial charge in [-0.25, -0.2) is 4.79 Å². The molecule has 6 heteroatoms. The lowest BCUT2D eigenvalue weighted by Gasteiger charge is -2.27. The summed E-state index contributed by atoms with van der Waals surface area (Å²) in [5.74, 6) is 2.44. The van der Waals surface area contributed by atoms with E-state index in [1.165, 1.54) is 0 Å². The Balaban J connectivity index is 1.53. The van der Waals surface area contributed by atoms with Gasteiger partial charge in [-0.3, -0.25) is 0 Å². The molecule has 1 aliphatic heterocycles. The van der Waals surface area contributed by atoms with Crippen LogP contribution in [0.1, 0.15) is 36.4 Å². The fourth-order valence-electron chi connectivity index (χ4n) is 3.70. The average molecular weight is 399 g/mol. The maximum absolute atomic E-state index is 12.8. The SMILES string of the molecule is COc1ccc(OC)c(C2CCCN2C(=O)NCCCOc2ccccc2C)c1. The van der Waals surface area contributed by atoms with Gasteiger partial charge in [0.05, 0.1) is 26.9 Å². The highest BCUT2D eigenvalue weighted by atomic mass is 16.5. The molecule has 1 atom stereocenters. The molecule has 0 aliphatic carbocycles. The zero-order valence-electron chi connectivity index (χ0n) is 17.4. The monoisotopic (exact) mass is 398 g/mol. The highest BCUT2D eigenvalue weighted by molar-refractivity contribution is 5.75. The first-order valence-electron chi connectivity index (χ1n) is 10.1. The van der Waals surface area contributed by atoms with Crippen LogP contribution in [0.4, 0.5) is 4.79 Å². The molecular formula is C23H30N2O4. The van der Waals surface area contributed by atoms with Crippen molar-refractivity contribution in [3.8, 4) is 17.2 Å². The van der Waals surface area contributed by atoms with E-state index in [1.54, 1.807) is 14.2 Å². The third-order valence-electron chi connectivity index (χ3n) is 5.26. The second-order valence-corrected chi connectivity index (χ2v) is 7.16. The van der Waals surface area contributed by atoms with E-state index in [2.05, 4.69) is 5.32 Å². The summed E-state index contributed by atoms with van der Waals surface area (Å²) in [6, 6.07) is 13.6. The van der Waals surface area contributed by atoms with Crippen LogP contribution in [0.2, 0.25) is 0 Å². The molecule has 0 radical (unpaired) electrons. The van der Waals surface area contributed by atoms with Crippen LogP contribution in [0.3, 0.4) is 0 Å². The lowest BCUT2D eigenvalue weighted by atomic mass is 10.0. The average Bonchev–Trinajstić information content (AvgIpc) is 3.24. The number of hydrogen-bond acceptors (Lipinski definition) is 4. The van der Waals surface area contributed by atoms with Crippen molar-refractivity contribution in [3.05, 3.63) is 53.6 Å². The van der Waals surface area contributed by atoms with Crippen LogP contribution >= 0.6 is 0 Å². The number of aryl methyl sites for hydroxylation is 1. The first-order chi connectivity index (χ1) is 14.1. The van der Waals surface area contributed by atoms with Crippen LogP contribution < -0.4 is 19.5 Å². The van der Waals surface area contributed by atoms with Gasteiger partial charge >= 0.3 is 6.03 Å². The van der Waals surface area contributed by atoms with E-state index in [1.807, 2.05) is 54.3 Å². The Morgan fingerprint density at radius 3 is 2.72 bits per heavy atom. The number of likely N-dealkylation sites (tertiary alicyclic amines) is 1. The second kappa shape index (κ2) is 10.0. The van der Waals surface area contributed by atoms with E-state index >= 15 is 0 Å². The summed E-state index contributed by atoms with van der Waals surface area (Å²) in [6.45, 7) is 3.90. The number of carbonyl (C=O) groups excluding carboxylic acids is 1. The Hall–Kier alpha value is -2.89. The number of methoxy groups -OCH3 is 2. The zero-order valence-corrected chi connectivity index (χ0v) is 17.4. The van der Waals surface area contributed by atoms with Gasteiger partial charge in [-0.15, -0.1) is 0 Å². The van der Waals surface area contributed by atoms with E-state index in [0.29, 0.717) is 13.2 Å². The number of carbonyl (C=O) groups is 1. The lowest BCUT2D eigenvalue weighted by Crippen LogP contribution is -2.40. The number of benzene rings is 2. The van der Waals surface area contributed by atoms with Crippen LogP contribution in [0.5, 0.6) is 17.2 Å². The number of hydrogen-bond donors (Lipinski definition) is 1. The first kappa shape index (κ1) is 20.8. The van der Waals surface area contributed by atoms with Crippen LogP contribution in [0, 0.1) is 6.92 Å². The van der Waals surface area contributed by atoms with Crippen molar-refractivity contribution in [1.29, 1.82) is 0 Å². The predicted molar refractivity (Wildman–Crippen MR) is 113 cm³/mol. The van der Waals surface area contributed by atoms with Gasteiger partial charge in [-0.05, 0) is 56.0 Å². The standard InChI is InChI=1S/C23H30N2O4/c1-17-8-4-5-10-21(17)29-15-7-13-24-23(26)25-14-6-9-20(25)19-16-18(27-2)11-12-22(19)28-3/h4-5,8,10-12,16,20H,6-7,9,13-15H2,1-3H3,(H,24,26). The first-order valence-corrected chi connectivity index (χ1v) is 10.1. The zero-order chi connectivity index (χ0) is 20.6. The normalized spacial score (nSPS) is 15.8. The predicted octanol–water partition coefficient (Wildman–Crippen LogP) is 4.33. The number of urea groups is 1. The van der Waals surface area contributed by atoms with Gasteiger partial charge in [0.1, 0.15) is 17.2 Å². The molecular weight excluding hydrogens is 368 g/mol. The quantitative estimate of drug-likeness (QED) is 0.673. The summed E-state index contributed by atoms with van der Waals surface area (Å²) in [5.41, 5.74) is 2.10. The fraction of sp³-hybridized carbons (Fsp3) is 0.435. The summed E-state index contributed by atoms with van der Waals surface area (Å²) < 4.78 is 16.7. The number of nitrogens with zero attached hydrogens (tertiary/aromatic N) is 1. The molecule has 2 aromatic rings. The minimum atomic E-state index is -0.0479. The summed E-state index contributed by atoms with van der Waals surface area (Å²) in [4.78, 5) is 14.7. The van der Waals surface area contributed by atoms with E-state index in [0.717, 1.165) is 54.2 Å². The Morgan fingerprint density at radius 1 is 1.14 bits per heavy atom. The van der Waals surface area contributed by atoms with Crippen molar-refractivity contribution >= 4 is 6.03 Å². The smallest absolute Gasteiger partial charge is 0.317 e. The Kier molecular flexibility index (Phi) is 7.22. The Bertz CT molecular complexity index is 824. The van der Waals surface area contributed by atoms with Crippen molar-refractivity contribution in [2.75, 3.05) is 33.9 Å². The highest BCUT2D eigenvalue weighted by Crippen LogP contribution is 2.38. The minimum Gasteiger partial charge on any atom is -0.497 e. The third kappa shape index (κ3) is 5.13. The molecule has 0 spiro atoms. The van der Waals surface area contributed by atoms with Gasteiger partial charge < -0.3 is 24.4 Å². The van der Waals surface area contributed by atoms with Crippen LogP contribution in [-0.2, 0) is 0 Å². The highest BCUT2D eigenvalue weighted by Gasteiger charge is 2.32. The summed E-state index contributed by atoms with van der Waals surface area (Å²) in [5, 5.41) is 3.03. The summed E-state index contributed by atoms with van der Waals surface area (Å²) in [7, 11) is 3.29. The molecule has 29 heavy (non-hydrogen) atoms. The molecule has 1 heterocycles. The molecule has 3 rings (SSSR count). The van der Waals surface area contributed by atoms with Crippen LogP contribution in [0.15, 0.2) is 42.5 Å². The molecule has 6 nitrogen and oxygen atoms in total. The Labute approximate surface area is 172 Å². The van der Waals surface area contributed by atoms with E-state index < -0.39 is 0 Å². The van der Waals surface area contributed by atoms with E-state index in [9.17, 15) is 4.79 Å². The van der Waals surface area contributed by atoms with Gasteiger partial charge in [-0.2, -0.15) is 0 Å². The van der Waals surface area contributed by atoms with Crippen molar-refractivity contribution in [3.63, 3.8) is 0 Å². The van der Waals surface area contributed by atoms with Crippen LogP contribution in [0.25, 0.3) is 0 Å². The van der Waals surface area contributed by atoms with Crippen LogP contribution in [-0.4, -0.2) is 44.8 Å². The molecule has 1 saturated heterocycles. The number of amides is 2. The molecule has 0 saturated carbocycles. The van der Waals surface area contributed by atoms with Crippen molar-refractivity contribution in [2.45, 2.75) is 32.2 Å². The second-order valence-electron chi connectivity index (χ2n) is 7.16. The number of para-hydroxylation sites is 1.